The van der Waals surface area contributed by atoms with Crippen LogP contribution in [0.15, 0.2) is 12.2 Å². The van der Waals surface area contributed by atoms with Crippen molar-refractivity contribution >= 4 is 0 Å². The third-order valence-electron chi connectivity index (χ3n) is 2.96. The van der Waals surface area contributed by atoms with Crippen molar-refractivity contribution in [3.63, 3.8) is 0 Å². The van der Waals surface area contributed by atoms with E-state index in [0.717, 1.165) is 0 Å². The molecule has 0 heteroatoms. The van der Waals surface area contributed by atoms with E-state index in [1.807, 2.05) is 0 Å². The van der Waals surface area contributed by atoms with E-state index in [2.05, 4.69) is 26.0 Å². The SMILES string of the molecule is C/C=C/CCCCCCCCCCCC. The Kier molecular flexibility index (Phi) is 13.5. The first-order valence-corrected chi connectivity index (χ1v) is 7.03. The maximum absolute atomic E-state index is 2.28. The van der Waals surface area contributed by atoms with E-state index in [1.54, 1.807) is 0 Å². The summed E-state index contributed by atoms with van der Waals surface area (Å²) < 4.78 is 0. The molecule has 0 aliphatic rings. The molecule has 15 heavy (non-hydrogen) atoms. The first kappa shape index (κ1) is 14.7. The number of rotatable bonds is 11. The molecule has 0 aliphatic heterocycles. The van der Waals surface area contributed by atoms with Gasteiger partial charge in [0, 0.05) is 0 Å². The van der Waals surface area contributed by atoms with Gasteiger partial charge in [-0.3, -0.25) is 0 Å². The molecule has 0 aromatic heterocycles. The predicted octanol–water partition coefficient (Wildman–Crippen LogP) is 5.87. The Hall–Kier alpha value is -0.260. The Morgan fingerprint density at radius 1 is 0.667 bits per heavy atom. The average molecular weight is 210 g/mol. The Bertz CT molecular complexity index is 124. The highest BCUT2D eigenvalue weighted by atomic mass is 14.0. The lowest BCUT2D eigenvalue weighted by molar-refractivity contribution is 0.557. The molecule has 0 aliphatic carbocycles. The minimum atomic E-state index is 1.28. The van der Waals surface area contributed by atoms with E-state index < -0.39 is 0 Å². The highest BCUT2D eigenvalue weighted by Crippen LogP contribution is 2.11. The summed E-state index contributed by atoms with van der Waals surface area (Å²) in [4.78, 5) is 0. The summed E-state index contributed by atoms with van der Waals surface area (Å²) in [5, 5.41) is 0. The van der Waals surface area contributed by atoms with Crippen molar-refractivity contribution in [2.45, 2.75) is 84.5 Å². The largest absolute Gasteiger partial charge is 0.0917 e. The maximum atomic E-state index is 2.28. The van der Waals surface area contributed by atoms with Gasteiger partial charge in [0.15, 0.2) is 0 Å². The van der Waals surface area contributed by atoms with Crippen LogP contribution in [0.1, 0.15) is 84.5 Å². The topological polar surface area (TPSA) is 0 Å². The second kappa shape index (κ2) is 13.7. The quantitative estimate of drug-likeness (QED) is 0.295. The van der Waals surface area contributed by atoms with Gasteiger partial charge in [-0.2, -0.15) is 0 Å². The highest BCUT2D eigenvalue weighted by Gasteiger charge is 1.91. The summed E-state index contributed by atoms with van der Waals surface area (Å²) in [6, 6.07) is 0. The van der Waals surface area contributed by atoms with Crippen LogP contribution in [0.25, 0.3) is 0 Å². The van der Waals surface area contributed by atoms with E-state index in [1.165, 1.54) is 70.6 Å². The van der Waals surface area contributed by atoms with Gasteiger partial charge < -0.3 is 0 Å². The Balaban J connectivity index is 2.86. The molecule has 90 valence electrons. The van der Waals surface area contributed by atoms with Gasteiger partial charge in [-0.1, -0.05) is 76.9 Å². The summed E-state index contributed by atoms with van der Waals surface area (Å²) in [5.41, 5.74) is 0. The number of hydrogen-bond donors (Lipinski definition) is 0. The summed E-state index contributed by atoms with van der Waals surface area (Å²) in [6.45, 7) is 4.39. The van der Waals surface area contributed by atoms with Gasteiger partial charge in [-0.05, 0) is 19.8 Å². The van der Waals surface area contributed by atoms with Crippen LogP contribution >= 0.6 is 0 Å². The molecule has 0 saturated heterocycles. The standard InChI is InChI=1S/C15H30/c1-3-5-7-9-11-13-15-14-12-10-8-6-4-2/h3,5H,4,6-15H2,1-2H3/b5-3+. The zero-order valence-corrected chi connectivity index (χ0v) is 10.9. The van der Waals surface area contributed by atoms with Crippen molar-refractivity contribution in [2.24, 2.45) is 0 Å². The molecule has 0 spiro atoms. The average Bonchev–Trinajstić information content (AvgIpc) is 2.26. The van der Waals surface area contributed by atoms with Gasteiger partial charge >= 0.3 is 0 Å². The molecule has 0 aromatic rings. The molecular formula is C15H30. The lowest BCUT2D eigenvalue weighted by Crippen LogP contribution is -1.81. The highest BCUT2D eigenvalue weighted by molar-refractivity contribution is 4.76. The predicted molar refractivity (Wildman–Crippen MR) is 71.3 cm³/mol. The Morgan fingerprint density at radius 3 is 1.60 bits per heavy atom. The van der Waals surface area contributed by atoms with Gasteiger partial charge in [0.05, 0.1) is 0 Å². The molecule has 0 N–H and O–H groups in total. The van der Waals surface area contributed by atoms with E-state index in [4.69, 9.17) is 0 Å². The van der Waals surface area contributed by atoms with Gasteiger partial charge in [0.2, 0.25) is 0 Å². The van der Waals surface area contributed by atoms with Gasteiger partial charge in [0.25, 0.3) is 0 Å². The minimum absolute atomic E-state index is 1.28. The van der Waals surface area contributed by atoms with Gasteiger partial charge in [-0.15, -0.1) is 0 Å². The lowest BCUT2D eigenvalue weighted by atomic mass is 10.1. The third kappa shape index (κ3) is 13.7. The number of allylic oxidation sites excluding steroid dienone is 2. The van der Waals surface area contributed by atoms with Crippen LogP contribution in [0, 0.1) is 0 Å². The van der Waals surface area contributed by atoms with Crippen LogP contribution in [-0.4, -0.2) is 0 Å². The fourth-order valence-corrected chi connectivity index (χ4v) is 1.92. The zero-order chi connectivity index (χ0) is 11.2. The zero-order valence-electron chi connectivity index (χ0n) is 10.9. The van der Waals surface area contributed by atoms with Crippen LogP contribution in [0.5, 0.6) is 0 Å². The Labute approximate surface area is 97.2 Å². The first-order valence-electron chi connectivity index (χ1n) is 7.03. The Morgan fingerprint density at radius 2 is 1.13 bits per heavy atom. The molecule has 0 bridgehead atoms. The van der Waals surface area contributed by atoms with E-state index in [-0.39, 0.29) is 0 Å². The second-order valence-corrected chi connectivity index (χ2v) is 4.54. The van der Waals surface area contributed by atoms with Crippen LogP contribution in [0.2, 0.25) is 0 Å². The number of unbranched alkanes of at least 4 members (excludes halogenated alkanes) is 10. The molecule has 0 unspecified atom stereocenters. The summed E-state index contributed by atoms with van der Waals surface area (Å²) in [5.74, 6) is 0. The molecule has 0 saturated carbocycles. The van der Waals surface area contributed by atoms with Gasteiger partial charge in [-0.25, -0.2) is 0 Å². The molecular weight excluding hydrogens is 180 g/mol. The van der Waals surface area contributed by atoms with Crippen molar-refractivity contribution in [2.75, 3.05) is 0 Å². The third-order valence-corrected chi connectivity index (χ3v) is 2.96. The van der Waals surface area contributed by atoms with Gasteiger partial charge in [0.1, 0.15) is 0 Å². The van der Waals surface area contributed by atoms with E-state index in [0.29, 0.717) is 0 Å². The molecule has 0 radical (unpaired) electrons. The van der Waals surface area contributed by atoms with Crippen molar-refractivity contribution in [1.29, 1.82) is 0 Å². The van der Waals surface area contributed by atoms with E-state index in [9.17, 15) is 0 Å². The fourth-order valence-electron chi connectivity index (χ4n) is 1.92. The number of hydrogen-bond acceptors (Lipinski definition) is 0. The first-order chi connectivity index (χ1) is 7.41. The normalized spacial score (nSPS) is 11.3. The molecule has 0 rings (SSSR count). The van der Waals surface area contributed by atoms with Crippen molar-refractivity contribution in [3.8, 4) is 0 Å². The van der Waals surface area contributed by atoms with Crippen LogP contribution < -0.4 is 0 Å². The molecule has 0 heterocycles. The van der Waals surface area contributed by atoms with E-state index >= 15 is 0 Å². The lowest BCUT2D eigenvalue weighted by Gasteiger charge is -2.01. The van der Waals surface area contributed by atoms with Crippen LogP contribution in [-0.2, 0) is 0 Å². The molecule has 0 amide bonds. The van der Waals surface area contributed by atoms with Crippen molar-refractivity contribution in [3.05, 3.63) is 12.2 Å². The molecule has 0 atom stereocenters. The summed E-state index contributed by atoms with van der Waals surface area (Å²) in [7, 11) is 0. The molecule has 0 fully saturated rings. The summed E-state index contributed by atoms with van der Waals surface area (Å²) in [6.07, 6.45) is 20.1. The second-order valence-electron chi connectivity index (χ2n) is 4.54. The van der Waals surface area contributed by atoms with Crippen LogP contribution in [0.3, 0.4) is 0 Å². The maximum Gasteiger partial charge on any atom is -0.0351 e. The van der Waals surface area contributed by atoms with Crippen LogP contribution in [0.4, 0.5) is 0 Å². The monoisotopic (exact) mass is 210 g/mol. The summed E-state index contributed by atoms with van der Waals surface area (Å²) >= 11 is 0. The smallest absolute Gasteiger partial charge is 0.0351 e. The minimum Gasteiger partial charge on any atom is -0.0917 e. The van der Waals surface area contributed by atoms with Crippen molar-refractivity contribution < 1.29 is 0 Å². The molecule has 0 nitrogen and oxygen atoms in total. The molecule has 0 aromatic carbocycles. The fraction of sp³-hybridized carbons (Fsp3) is 0.867. The van der Waals surface area contributed by atoms with Crippen molar-refractivity contribution in [1.82, 2.24) is 0 Å².